The van der Waals surface area contributed by atoms with Crippen LogP contribution in [0, 0.1) is 0 Å². The second kappa shape index (κ2) is 4.18. The van der Waals surface area contributed by atoms with Crippen molar-refractivity contribution in [2.75, 3.05) is 41.2 Å². The van der Waals surface area contributed by atoms with Crippen LogP contribution < -0.4 is 0 Å². The highest BCUT2D eigenvalue weighted by molar-refractivity contribution is 5.02. The van der Waals surface area contributed by atoms with Crippen molar-refractivity contribution in [3.8, 4) is 0 Å². The predicted molar refractivity (Wildman–Crippen MR) is 43.2 cm³/mol. The average Bonchev–Trinajstić information content (AvgIpc) is 2.66. The Morgan fingerprint density at radius 2 is 1.67 bits per heavy atom. The number of rotatable bonds is 6. The average molecular weight is 176 g/mol. The van der Waals surface area contributed by atoms with Crippen molar-refractivity contribution in [3.05, 3.63) is 0 Å². The zero-order chi connectivity index (χ0) is 9.03. The van der Waals surface area contributed by atoms with Crippen LogP contribution in [0.15, 0.2) is 0 Å². The Bertz CT molecular complexity index is 131. The number of ether oxygens (including phenoxy) is 4. The van der Waals surface area contributed by atoms with E-state index in [1.165, 1.54) is 0 Å². The van der Waals surface area contributed by atoms with E-state index < -0.39 is 0 Å². The first-order chi connectivity index (χ1) is 5.79. The zero-order valence-corrected chi connectivity index (χ0v) is 7.83. The third-order valence-electron chi connectivity index (χ3n) is 2.00. The van der Waals surface area contributed by atoms with Gasteiger partial charge in [-0.2, -0.15) is 0 Å². The van der Waals surface area contributed by atoms with Gasteiger partial charge < -0.3 is 18.9 Å². The lowest BCUT2D eigenvalue weighted by atomic mass is 10.1. The van der Waals surface area contributed by atoms with Crippen molar-refractivity contribution in [2.24, 2.45) is 0 Å². The van der Waals surface area contributed by atoms with E-state index in [2.05, 4.69) is 0 Å². The van der Waals surface area contributed by atoms with Crippen LogP contribution in [0.25, 0.3) is 0 Å². The van der Waals surface area contributed by atoms with Crippen LogP contribution in [0.4, 0.5) is 0 Å². The summed E-state index contributed by atoms with van der Waals surface area (Å²) in [6.45, 7) is 1.73. The Hall–Kier alpha value is -0.160. The molecule has 1 rings (SSSR count). The topological polar surface area (TPSA) is 40.2 Å². The Morgan fingerprint density at radius 1 is 1.08 bits per heavy atom. The molecule has 0 bridgehead atoms. The molecule has 0 aromatic rings. The molecule has 4 nitrogen and oxygen atoms in total. The highest BCUT2D eigenvalue weighted by Crippen LogP contribution is 2.37. The second-order valence-corrected chi connectivity index (χ2v) is 2.99. The normalized spacial score (nSPS) is 25.8. The molecule has 0 spiro atoms. The minimum atomic E-state index is -0.250. The molecule has 0 saturated carbocycles. The van der Waals surface area contributed by atoms with E-state index in [0.717, 1.165) is 0 Å². The summed E-state index contributed by atoms with van der Waals surface area (Å²) in [5.41, 5.74) is -0.250. The number of hydrogen-bond acceptors (Lipinski definition) is 4. The molecular formula is C8H16O4. The van der Waals surface area contributed by atoms with E-state index in [-0.39, 0.29) is 11.7 Å². The highest BCUT2D eigenvalue weighted by atomic mass is 16.7. The molecule has 72 valence electrons. The Kier molecular flexibility index (Phi) is 3.46. The third kappa shape index (κ3) is 1.95. The maximum atomic E-state index is 5.45. The first kappa shape index (κ1) is 9.92. The van der Waals surface area contributed by atoms with Crippen molar-refractivity contribution in [3.63, 3.8) is 0 Å². The van der Waals surface area contributed by atoms with Gasteiger partial charge in [-0.25, -0.2) is 0 Å². The summed E-state index contributed by atoms with van der Waals surface area (Å²) in [4.78, 5) is 0. The van der Waals surface area contributed by atoms with Crippen LogP contribution in [-0.2, 0) is 18.9 Å². The minimum Gasteiger partial charge on any atom is -0.382 e. The van der Waals surface area contributed by atoms with Crippen molar-refractivity contribution in [1.82, 2.24) is 0 Å². The van der Waals surface area contributed by atoms with Crippen LogP contribution in [0.2, 0.25) is 0 Å². The monoisotopic (exact) mass is 176 g/mol. The molecule has 1 unspecified atom stereocenters. The number of epoxide rings is 1. The number of methoxy groups -OCH3 is 3. The molecule has 4 heteroatoms. The molecule has 1 saturated heterocycles. The van der Waals surface area contributed by atoms with Gasteiger partial charge in [0.2, 0.25) is 0 Å². The van der Waals surface area contributed by atoms with Crippen molar-refractivity contribution in [2.45, 2.75) is 11.7 Å². The van der Waals surface area contributed by atoms with E-state index in [1.54, 1.807) is 21.3 Å². The van der Waals surface area contributed by atoms with Gasteiger partial charge in [-0.05, 0) is 0 Å². The second-order valence-electron chi connectivity index (χ2n) is 2.99. The molecule has 1 aliphatic heterocycles. The fraction of sp³-hybridized carbons (Fsp3) is 1.00. The zero-order valence-electron chi connectivity index (χ0n) is 7.83. The van der Waals surface area contributed by atoms with Crippen LogP contribution in [0.3, 0.4) is 0 Å². The van der Waals surface area contributed by atoms with E-state index in [0.29, 0.717) is 19.8 Å². The quantitative estimate of drug-likeness (QED) is 0.537. The molecule has 1 aliphatic rings. The molecular weight excluding hydrogens is 160 g/mol. The summed E-state index contributed by atoms with van der Waals surface area (Å²) < 4.78 is 20.5. The first-order valence-corrected chi connectivity index (χ1v) is 3.93. The Balaban J connectivity index is 2.32. The van der Waals surface area contributed by atoms with Crippen LogP contribution >= 0.6 is 0 Å². The fourth-order valence-electron chi connectivity index (χ4n) is 1.37. The molecule has 12 heavy (non-hydrogen) atoms. The summed E-state index contributed by atoms with van der Waals surface area (Å²) in [7, 11) is 4.97. The van der Waals surface area contributed by atoms with E-state index in [4.69, 9.17) is 18.9 Å². The molecule has 0 aliphatic carbocycles. The molecule has 0 aromatic heterocycles. The molecule has 0 N–H and O–H groups in total. The molecule has 0 amide bonds. The third-order valence-corrected chi connectivity index (χ3v) is 2.00. The molecule has 1 atom stereocenters. The van der Waals surface area contributed by atoms with Gasteiger partial charge in [0.05, 0.1) is 19.8 Å². The maximum absolute atomic E-state index is 5.45. The van der Waals surface area contributed by atoms with Crippen molar-refractivity contribution in [1.29, 1.82) is 0 Å². The van der Waals surface area contributed by atoms with Gasteiger partial charge >= 0.3 is 0 Å². The molecule has 0 radical (unpaired) electrons. The van der Waals surface area contributed by atoms with Gasteiger partial charge in [0.15, 0.2) is 0 Å². The Morgan fingerprint density at radius 3 is 2.08 bits per heavy atom. The minimum absolute atomic E-state index is 0.127. The van der Waals surface area contributed by atoms with Crippen LogP contribution in [0.5, 0.6) is 0 Å². The molecule has 0 aromatic carbocycles. The summed E-state index contributed by atoms with van der Waals surface area (Å²) in [5.74, 6) is 0. The Labute approximate surface area is 72.7 Å². The van der Waals surface area contributed by atoms with Crippen molar-refractivity contribution >= 4 is 0 Å². The van der Waals surface area contributed by atoms with E-state index in [1.807, 2.05) is 0 Å². The first-order valence-electron chi connectivity index (χ1n) is 3.93. The van der Waals surface area contributed by atoms with Gasteiger partial charge in [-0.15, -0.1) is 0 Å². The van der Waals surface area contributed by atoms with E-state index >= 15 is 0 Å². The molecule has 1 fully saturated rings. The summed E-state index contributed by atoms with van der Waals surface area (Å²) in [5, 5.41) is 0. The lowest BCUT2D eigenvalue weighted by Gasteiger charge is -2.09. The molecule has 1 heterocycles. The van der Waals surface area contributed by atoms with Crippen LogP contribution in [0.1, 0.15) is 0 Å². The highest BCUT2D eigenvalue weighted by Gasteiger charge is 2.56. The van der Waals surface area contributed by atoms with Gasteiger partial charge in [-0.1, -0.05) is 0 Å². The van der Waals surface area contributed by atoms with Crippen molar-refractivity contribution < 1.29 is 18.9 Å². The summed E-state index contributed by atoms with van der Waals surface area (Å²) in [6, 6.07) is 0. The van der Waals surface area contributed by atoms with Gasteiger partial charge in [-0.3, -0.25) is 0 Å². The maximum Gasteiger partial charge on any atom is 0.143 e. The lowest BCUT2D eigenvalue weighted by molar-refractivity contribution is 0.0573. The van der Waals surface area contributed by atoms with E-state index in [9.17, 15) is 0 Å². The van der Waals surface area contributed by atoms with Gasteiger partial charge in [0, 0.05) is 21.3 Å². The smallest absolute Gasteiger partial charge is 0.143 e. The predicted octanol–water partition coefficient (Wildman–Crippen LogP) is 0.0632. The largest absolute Gasteiger partial charge is 0.382 e. The lowest BCUT2D eigenvalue weighted by Crippen LogP contribution is -2.29. The number of hydrogen-bond donors (Lipinski definition) is 0. The van der Waals surface area contributed by atoms with Gasteiger partial charge in [0.1, 0.15) is 11.7 Å². The standard InChI is InChI=1S/C8H16O4/c1-9-4-7-8(12-7,5-10-2)6-11-3/h7H,4-6H2,1-3H3. The summed E-state index contributed by atoms with van der Waals surface area (Å²) >= 11 is 0. The summed E-state index contributed by atoms with van der Waals surface area (Å²) in [6.07, 6.45) is 0.127. The fourth-order valence-corrected chi connectivity index (χ4v) is 1.37. The van der Waals surface area contributed by atoms with Crippen LogP contribution in [-0.4, -0.2) is 52.9 Å². The van der Waals surface area contributed by atoms with Gasteiger partial charge in [0.25, 0.3) is 0 Å². The SMILES string of the molecule is COCC1OC1(COC)COC.